The minimum absolute atomic E-state index is 0.120. The summed E-state index contributed by atoms with van der Waals surface area (Å²) in [6.45, 7) is 2.13. The van der Waals surface area contributed by atoms with Crippen molar-refractivity contribution >= 4 is 35.1 Å². The highest BCUT2D eigenvalue weighted by Crippen LogP contribution is 2.34. The third kappa shape index (κ3) is 3.30. The van der Waals surface area contributed by atoms with Gasteiger partial charge in [-0.2, -0.15) is 0 Å². The Morgan fingerprint density at radius 1 is 1.12 bits per heavy atom. The Morgan fingerprint density at radius 3 is 2.72 bits per heavy atom. The molecular weight excluding hydrogens is 415 g/mol. The van der Waals surface area contributed by atoms with Crippen molar-refractivity contribution in [1.82, 2.24) is 10.2 Å². The van der Waals surface area contributed by atoms with Crippen molar-refractivity contribution < 1.29 is 23.6 Å². The second kappa shape index (κ2) is 7.44. The molecule has 0 spiro atoms. The van der Waals surface area contributed by atoms with Crippen LogP contribution in [-0.2, 0) is 22.6 Å². The van der Waals surface area contributed by atoms with E-state index in [1.165, 1.54) is 17.0 Å². The summed E-state index contributed by atoms with van der Waals surface area (Å²) in [5.41, 5.74) is 3.16. The molecule has 2 atom stereocenters. The molecule has 1 unspecified atom stereocenters. The summed E-state index contributed by atoms with van der Waals surface area (Å²) in [6.07, 6.45) is 1.05. The summed E-state index contributed by atoms with van der Waals surface area (Å²) in [7, 11) is 0. The zero-order valence-corrected chi connectivity index (χ0v) is 17.4. The topological polar surface area (TPSA) is 98.8 Å². The number of urea groups is 1. The first-order chi connectivity index (χ1) is 15.3. The number of hydrogen-bond donors (Lipinski definition) is 2. The fourth-order valence-electron chi connectivity index (χ4n) is 4.75. The zero-order chi connectivity index (χ0) is 22.6. The van der Waals surface area contributed by atoms with Crippen LogP contribution in [-0.4, -0.2) is 40.7 Å². The Bertz CT molecular complexity index is 1180. The van der Waals surface area contributed by atoms with Crippen molar-refractivity contribution in [1.29, 1.82) is 0 Å². The van der Waals surface area contributed by atoms with Gasteiger partial charge in [0.2, 0.25) is 11.8 Å². The summed E-state index contributed by atoms with van der Waals surface area (Å²) in [6, 6.07) is 8.25. The minimum atomic E-state index is -0.687. The van der Waals surface area contributed by atoms with Crippen LogP contribution < -0.4 is 15.5 Å². The molecule has 9 heteroatoms. The molecule has 1 fully saturated rings. The van der Waals surface area contributed by atoms with Gasteiger partial charge >= 0.3 is 6.03 Å². The Hall–Kier alpha value is -3.75. The Balaban J connectivity index is 1.33. The van der Waals surface area contributed by atoms with Gasteiger partial charge in [-0.25, -0.2) is 9.18 Å². The Morgan fingerprint density at radius 2 is 1.94 bits per heavy atom. The van der Waals surface area contributed by atoms with Gasteiger partial charge in [0, 0.05) is 35.9 Å². The standard InChI is InChI=1S/C23H21FN4O4/c1-12-8-13-9-15(24)2-5-18(13)28(12)23(32)25-16-3-4-17-14(10-16)11-27(22(17)31)19-6-7-20(29)26-21(19)30/h2-5,9-10,12,19H,6-8,11H2,1H3,(H,25,32)(H,26,29,30)/t12-,19?/m1/s1. The first kappa shape index (κ1) is 20.2. The molecule has 3 aliphatic heterocycles. The van der Waals surface area contributed by atoms with Crippen molar-refractivity contribution in [3.63, 3.8) is 0 Å². The number of piperidine rings is 1. The predicted octanol–water partition coefficient (Wildman–Crippen LogP) is 2.57. The van der Waals surface area contributed by atoms with Crippen LogP contribution in [0.2, 0.25) is 0 Å². The highest BCUT2D eigenvalue weighted by atomic mass is 19.1. The van der Waals surface area contributed by atoms with Crippen LogP contribution in [0, 0.1) is 5.82 Å². The lowest BCUT2D eigenvalue weighted by molar-refractivity contribution is -0.136. The monoisotopic (exact) mass is 436 g/mol. The van der Waals surface area contributed by atoms with E-state index >= 15 is 0 Å². The summed E-state index contributed by atoms with van der Waals surface area (Å²) in [5.74, 6) is -1.39. The van der Waals surface area contributed by atoms with Gasteiger partial charge in [-0.3, -0.25) is 24.6 Å². The number of halogens is 1. The third-order valence-corrected chi connectivity index (χ3v) is 6.25. The maximum atomic E-state index is 13.5. The predicted molar refractivity (Wildman–Crippen MR) is 114 cm³/mol. The molecule has 0 aliphatic carbocycles. The van der Waals surface area contributed by atoms with E-state index in [-0.39, 0.29) is 42.7 Å². The fourth-order valence-corrected chi connectivity index (χ4v) is 4.75. The van der Waals surface area contributed by atoms with E-state index < -0.39 is 11.9 Å². The number of nitrogens with one attached hydrogen (secondary N) is 2. The van der Waals surface area contributed by atoms with Crippen LogP contribution in [0.25, 0.3) is 0 Å². The lowest BCUT2D eigenvalue weighted by Gasteiger charge is -2.29. The lowest BCUT2D eigenvalue weighted by Crippen LogP contribution is -2.52. The summed E-state index contributed by atoms with van der Waals surface area (Å²) in [5, 5.41) is 5.14. The summed E-state index contributed by atoms with van der Waals surface area (Å²) in [4.78, 5) is 52.5. The molecule has 3 aliphatic rings. The molecule has 164 valence electrons. The van der Waals surface area contributed by atoms with Crippen LogP contribution in [0.1, 0.15) is 41.3 Å². The van der Waals surface area contributed by atoms with Gasteiger partial charge in [-0.1, -0.05) is 0 Å². The molecule has 0 radical (unpaired) electrons. The fraction of sp³-hybridized carbons (Fsp3) is 0.304. The smallest absolute Gasteiger partial charge is 0.322 e. The maximum absolute atomic E-state index is 13.5. The molecule has 3 heterocycles. The van der Waals surface area contributed by atoms with Gasteiger partial charge in [0.1, 0.15) is 11.9 Å². The largest absolute Gasteiger partial charge is 0.326 e. The van der Waals surface area contributed by atoms with Crippen LogP contribution in [0.4, 0.5) is 20.6 Å². The van der Waals surface area contributed by atoms with Gasteiger partial charge in [0.25, 0.3) is 5.91 Å². The van der Waals surface area contributed by atoms with Crippen LogP contribution >= 0.6 is 0 Å². The molecule has 5 rings (SSSR count). The zero-order valence-electron chi connectivity index (χ0n) is 17.4. The highest BCUT2D eigenvalue weighted by Gasteiger charge is 2.39. The summed E-state index contributed by atoms with van der Waals surface area (Å²) >= 11 is 0. The number of amides is 5. The van der Waals surface area contributed by atoms with Crippen LogP contribution in [0.3, 0.4) is 0 Å². The SMILES string of the molecule is C[C@@H]1Cc2cc(F)ccc2N1C(=O)Nc1ccc2c(c1)CN(C1CCC(=O)NC1=O)C2=O. The molecule has 32 heavy (non-hydrogen) atoms. The van der Waals surface area contributed by atoms with E-state index in [4.69, 9.17) is 0 Å². The molecule has 0 saturated carbocycles. The second-order valence-corrected chi connectivity index (χ2v) is 8.40. The number of nitrogens with zero attached hydrogens (tertiary/aromatic N) is 2. The average molecular weight is 436 g/mol. The average Bonchev–Trinajstić information content (AvgIpc) is 3.23. The van der Waals surface area contributed by atoms with Crippen LogP contribution in [0.15, 0.2) is 36.4 Å². The number of anilines is 2. The second-order valence-electron chi connectivity index (χ2n) is 8.40. The first-order valence-corrected chi connectivity index (χ1v) is 10.5. The van der Waals surface area contributed by atoms with Crippen LogP contribution in [0.5, 0.6) is 0 Å². The number of carbonyl (C=O) groups is 4. The molecule has 2 N–H and O–H groups in total. The maximum Gasteiger partial charge on any atom is 0.326 e. The van der Waals surface area contributed by atoms with Crippen molar-refractivity contribution in [2.75, 3.05) is 10.2 Å². The van der Waals surface area contributed by atoms with E-state index in [0.29, 0.717) is 35.3 Å². The van der Waals surface area contributed by atoms with Gasteiger partial charge in [-0.05, 0) is 67.3 Å². The summed E-state index contributed by atoms with van der Waals surface area (Å²) < 4.78 is 13.5. The lowest BCUT2D eigenvalue weighted by atomic mass is 10.0. The number of rotatable bonds is 2. The van der Waals surface area contributed by atoms with Crippen molar-refractivity contribution in [2.24, 2.45) is 0 Å². The minimum Gasteiger partial charge on any atom is -0.322 e. The molecule has 5 amide bonds. The Kier molecular flexibility index (Phi) is 4.69. The molecule has 0 bridgehead atoms. The number of imide groups is 1. The molecule has 2 aromatic carbocycles. The molecular formula is C23H21FN4O4. The van der Waals surface area contributed by atoms with E-state index in [2.05, 4.69) is 10.6 Å². The number of hydrogen-bond acceptors (Lipinski definition) is 4. The van der Waals surface area contributed by atoms with E-state index in [1.807, 2.05) is 6.92 Å². The molecule has 0 aromatic heterocycles. The van der Waals surface area contributed by atoms with E-state index in [9.17, 15) is 23.6 Å². The molecule has 1 saturated heterocycles. The van der Waals surface area contributed by atoms with Gasteiger partial charge in [0.15, 0.2) is 0 Å². The Labute approximate surface area is 183 Å². The number of carbonyl (C=O) groups excluding carboxylic acids is 4. The highest BCUT2D eigenvalue weighted by molar-refractivity contribution is 6.07. The van der Waals surface area contributed by atoms with Gasteiger partial charge in [0.05, 0.1) is 0 Å². The number of benzene rings is 2. The van der Waals surface area contributed by atoms with Crippen molar-refractivity contribution in [2.45, 2.75) is 44.8 Å². The number of fused-ring (bicyclic) bond motifs is 2. The van der Waals surface area contributed by atoms with Gasteiger partial charge < -0.3 is 10.2 Å². The molecule has 8 nitrogen and oxygen atoms in total. The first-order valence-electron chi connectivity index (χ1n) is 10.5. The van der Waals surface area contributed by atoms with E-state index in [0.717, 1.165) is 5.56 Å². The normalized spacial score (nSPS) is 22.0. The van der Waals surface area contributed by atoms with E-state index in [1.54, 1.807) is 29.2 Å². The third-order valence-electron chi connectivity index (χ3n) is 6.25. The quantitative estimate of drug-likeness (QED) is 0.707. The van der Waals surface area contributed by atoms with Gasteiger partial charge in [-0.15, -0.1) is 0 Å². The van der Waals surface area contributed by atoms with Crippen molar-refractivity contribution in [3.05, 3.63) is 58.9 Å². The van der Waals surface area contributed by atoms with Crippen molar-refractivity contribution in [3.8, 4) is 0 Å². The molecule has 2 aromatic rings.